The first-order valence-corrected chi connectivity index (χ1v) is 16.1. The highest BCUT2D eigenvalue weighted by molar-refractivity contribution is 6.03. The van der Waals surface area contributed by atoms with Crippen LogP contribution >= 0.6 is 0 Å². The second-order valence-electron chi connectivity index (χ2n) is 13.2. The summed E-state index contributed by atoms with van der Waals surface area (Å²) in [5.41, 5.74) is 5.47. The van der Waals surface area contributed by atoms with Crippen molar-refractivity contribution in [1.29, 1.82) is 0 Å². The average molecular weight is 531 g/mol. The zero-order valence-corrected chi connectivity index (χ0v) is 24.1. The van der Waals surface area contributed by atoms with Gasteiger partial charge in [0.2, 0.25) is 5.91 Å². The molecule has 0 aromatic rings. The van der Waals surface area contributed by atoms with Gasteiger partial charge in [-0.25, -0.2) is 4.79 Å². The van der Waals surface area contributed by atoms with Crippen molar-refractivity contribution in [2.24, 2.45) is 23.5 Å². The number of amides is 4. The third kappa shape index (κ3) is 7.51. The highest BCUT2D eigenvalue weighted by Gasteiger charge is 2.58. The van der Waals surface area contributed by atoms with E-state index in [9.17, 15) is 14.4 Å². The van der Waals surface area contributed by atoms with E-state index in [2.05, 4.69) is 12.2 Å². The van der Waals surface area contributed by atoms with Gasteiger partial charge in [0.25, 0.3) is 5.91 Å². The minimum atomic E-state index is -0.244. The quantitative estimate of drug-likeness (QED) is 0.174. The minimum Gasteiger partial charge on any atom is -0.352 e. The van der Waals surface area contributed by atoms with Crippen molar-refractivity contribution < 1.29 is 14.4 Å². The normalized spacial score (nSPS) is 28.9. The first-order valence-electron chi connectivity index (χ1n) is 16.1. The molecular weight excluding hydrogens is 476 g/mol. The summed E-state index contributed by atoms with van der Waals surface area (Å²) in [6.45, 7) is 3.44. The van der Waals surface area contributed by atoms with Crippen LogP contribution < -0.4 is 11.1 Å². The number of carbonyl (C=O) groups excluding carboxylic acids is 3. The molecule has 5 fully saturated rings. The number of hydrogen-bond acceptors (Lipinski definition) is 4. The molecule has 216 valence electrons. The molecule has 5 rings (SSSR count). The van der Waals surface area contributed by atoms with Gasteiger partial charge in [-0.1, -0.05) is 64.7 Å². The van der Waals surface area contributed by atoms with E-state index in [1.165, 1.54) is 64.2 Å². The fourth-order valence-corrected chi connectivity index (χ4v) is 8.40. The Morgan fingerprint density at radius 3 is 2.05 bits per heavy atom. The van der Waals surface area contributed by atoms with Crippen molar-refractivity contribution in [3.8, 4) is 0 Å². The number of unbranched alkanes of at least 4 members (excludes halogenated alkanes) is 9. The number of urea groups is 1. The number of hydrogen-bond donors (Lipinski definition) is 2. The maximum atomic E-state index is 13.6. The van der Waals surface area contributed by atoms with Gasteiger partial charge in [-0.2, -0.15) is 0 Å². The second-order valence-corrected chi connectivity index (χ2v) is 13.2. The molecule has 4 bridgehead atoms. The highest BCUT2D eigenvalue weighted by atomic mass is 16.2. The topological polar surface area (TPSA) is 95.7 Å². The fraction of sp³-hybridized carbons (Fsp3) is 0.903. The first-order chi connectivity index (χ1) is 18.4. The van der Waals surface area contributed by atoms with Crippen LogP contribution in [0, 0.1) is 17.8 Å². The highest BCUT2D eigenvalue weighted by Crippen LogP contribution is 2.58. The molecule has 0 aromatic carbocycles. The van der Waals surface area contributed by atoms with Crippen LogP contribution in [0.2, 0.25) is 0 Å². The van der Waals surface area contributed by atoms with Crippen molar-refractivity contribution in [2.75, 3.05) is 19.6 Å². The maximum Gasteiger partial charge on any atom is 0.327 e. The molecule has 5 aliphatic rings. The van der Waals surface area contributed by atoms with Crippen LogP contribution in [-0.2, 0) is 9.59 Å². The Hall–Kier alpha value is -1.63. The van der Waals surface area contributed by atoms with Crippen molar-refractivity contribution in [3.63, 3.8) is 0 Å². The molecule has 0 radical (unpaired) electrons. The summed E-state index contributed by atoms with van der Waals surface area (Å²) in [5.74, 6) is 2.08. The Morgan fingerprint density at radius 2 is 1.47 bits per heavy atom. The van der Waals surface area contributed by atoms with Crippen LogP contribution in [0.1, 0.15) is 129 Å². The Morgan fingerprint density at radius 1 is 0.895 bits per heavy atom. The number of rotatable bonds is 18. The third-order valence-corrected chi connectivity index (χ3v) is 9.84. The van der Waals surface area contributed by atoms with E-state index in [4.69, 9.17) is 5.73 Å². The molecule has 3 N–H and O–H groups in total. The molecule has 38 heavy (non-hydrogen) atoms. The molecule has 4 aliphatic carbocycles. The van der Waals surface area contributed by atoms with E-state index < -0.39 is 0 Å². The summed E-state index contributed by atoms with van der Waals surface area (Å²) >= 11 is 0. The lowest BCUT2D eigenvalue weighted by molar-refractivity contribution is -0.138. The minimum absolute atomic E-state index is 0.0290. The molecule has 4 amide bonds. The Bertz CT molecular complexity index is 765. The van der Waals surface area contributed by atoms with Crippen LogP contribution in [-0.4, -0.2) is 58.9 Å². The predicted molar refractivity (Wildman–Crippen MR) is 151 cm³/mol. The molecule has 7 nitrogen and oxygen atoms in total. The lowest BCUT2D eigenvalue weighted by atomic mass is 9.52. The second kappa shape index (κ2) is 14.1. The summed E-state index contributed by atoms with van der Waals surface area (Å²) in [6.07, 6.45) is 21.1. The predicted octanol–water partition coefficient (Wildman–Crippen LogP) is 5.75. The Kier molecular flexibility index (Phi) is 10.9. The average Bonchev–Trinajstić information content (AvgIpc) is 3.15. The van der Waals surface area contributed by atoms with Crippen molar-refractivity contribution >= 4 is 17.8 Å². The zero-order valence-electron chi connectivity index (χ0n) is 24.1. The Labute approximate surface area is 231 Å². The fourth-order valence-electron chi connectivity index (χ4n) is 8.40. The van der Waals surface area contributed by atoms with E-state index in [0.717, 1.165) is 51.4 Å². The summed E-state index contributed by atoms with van der Waals surface area (Å²) in [6, 6.07) is -0.241. The summed E-state index contributed by atoms with van der Waals surface area (Å²) in [7, 11) is 0. The van der Waals surface area contributed by atoms with Crippen molar-refractivity contribution in [3.05, 3.63) is 0 Å². The van der Waals surface area contributed by atoms with Crippen molar-refractivity contribution in [2.45, 2.75) is 141 Å². The molecule has 1 saturated heterocycles. The third-order valence-electron chi connectivity index (χ3n) is 9.84. The standard InChI is InChI=1S/C31H54N4O3/c1-2-3-4-5-6-7-8-9-10-14-28(36)33-27(13-11-12-15-32)22-34-23-29(37)35(30(34)38)31-19-24-16-25(20-31)18-26(17-24)21-31/h24-27H,2-23,32H2,1H3,(H,33,36)/t24?,25?,26?,27-,31?/m0/s1. The summed E-state index contributed by atoms with van der Waals surface area (Å²) in [5, 5.41) is 3.21. The lowest BCUT2D eigenvalue weighted by Gasteiger charge is -2.58. The molecule has 0 unspecified atom stereocenters. The van der Waals surface area contributed by atoms with E-state index in [-0.39, 0.29) is 36.0 Å². The van der Waals surface area contributed by atoms with Crippen LogP contribution in [0.4, 0.5) is 4.79 Å². The Balaban J connectivity index is 1.24. The number of nitrogens with one attached hydrogen (secondary N) is 1. The number of imide groups is 1. The molecule has 1 atom stereocenters. The molecular formula is C31H54N4O3. The monoisotopic (exact) mass is 530 g/mol. The van der Waals surface area contributed by atoms with Crippen LogP contribution in [0.3, 0.4) is 0 Å². The van der Waals surface area contributed by atoms with Gasteiger partial charge < -0.3 is 16.0 Å². The SMILES string of the molecule is CCCCCCCCCCCC(=O)N[C@@H](CCCCN)CN1CC(=O)N(C23CC4CC(CC(C4)C2)C3)C1=O. The van der Waals surface area contributed by atoms with Gasteiger partial charge in [-0.15, -0.1) is 0 Å². The van der Waals surface area contributed by atoms with Gasteiger partial charge in [0.15, 0.2) is 0 Å². The van der Waals surface area contributed by atoms with Crippen molar-refractivity contribution in [1.82, 2.24) is 15.1 Å². The summed E-state index contributed by atoms with van der Waals surface area (Å²) < 4.78 is 0. The molecule has 7 heteroatoms. The van der Waals surface area contributed by atoms with E-state index in [1.54, 1.807) is 9.80 Å². The van der Waals surface area contributed by atoms with Crippen LogP contribution in [0.15, 0.2) is 0 Å². The van der Waals surface area contributed by atoms with Gasteiger partial charge in [0, 0.05) is 19.0 Å². The molecule has 0 aromatic heterocycles. The van der Waals surface area contributed by atoms with E-state index >= 15 is 0 Å². The lowest BCUT2D eigenvalue weighted by Crippen LogP contribution is -2.62. The molecule has 4 saturated carbocycles. The largest absolute Gasteiger partial charge is 0.352 e. The summed E-state index contributed by atoms with van der Waals surface area (Å²) in [4.78, 5) is 43.1. The number of carbonyl (C=O) groups is 3. The molecule has 1 aliphatic heterocycles. The number of nitrogens with zero attached hydrogens (tertiary/aromatic N) is 2. The van der Waals surface area contributed by atoms with Gasteiger partial charge in [0.05, 0.1) is 5.54 Å². The van der Waals surface area contributed by atoms with E-state index in [0.29, 0.717) is 37.3 Å². The van der Waals surface area contributed by atoms with E-state index in [1.807, 2.05) is 0 Å². The zero-order chi connectivity index (χ0) is 27.0. The van der Waals surface area contributed by atoms with Gasteiger partial charge >= 0.3 is 6.03 Å². The van der Waals surface area contributed by atoms with Gasteiger partial charge in [-0.3, -0.25) is 14.5 Å². The van der Waals surface area contributed by atoms with Gasteiger partial charge in [-0.05, 0) is 82.1 Å². The first kappa shape index (κ1) is 29.4. The molecule has 0 spiro atoms. The smallest absolute Gasteiger partial charge is 0.327 e. The molecule has 1 heterocycles. The van der Waals surface area contributed by atoms with Crippen LogP contribution in [0.5, 0.6) is 0 Å². The van der Waals surface area contributed by atoms with Gasteiger partial charge in [0.1, 0.15) is 6.54 Å². The maximum absolute atomic E-state index is 13.6. The number of nitrogens with two attached hydrogens (primary N) is 1. The van der Waals surface area contributed by atoms with Crippen LogP contribution in [0.25, 0.3) is 0 Å².